The normalized spacial score (nSPS) is 17.7. The van der Waals surface area contributed by atoms with E-state index in [0.717, 1.165) is 66.8 Å². The highest BCUT2D eigenvalue weighted by Crippen LogP contribution is 2.56. The van der Waals surface area contributed by atoms with Crippen molar-refractivity contribution in [2.75, 3.05) is 0 Å². The van der Waals surface area contributed by atoms with Crippen LogP contribution in [0.25, 0.3) is 67.5 Å². The van der Waals surface area contributed by atoms with Gasteiger partial charge in [0.15, 0.2) is 17.5 Å². The van der Waals surface area contributed by atoms with E-state index in [9.17, 15) is 5.48 Å². The number of fused-ring (bicyclic) bond motifs is 5. The molecule has 2 aliphatic rings. The molecule has 236 valence electrons. The fourth-order valence-electron chi connectivity index (χ4n) is 7.42. The zero-order chi connectivity index (χ0) is 36.4. The van der Waals surface area contributed by atoms with Gasteiger partial charge in [0, 0.05) is 27.6 Å². The molecule has 0 atom stereocenters. The minimum atomic E-state index is -1.76. The van der Waals surface area contributed by atoms with Crippen molar-refractivity contribution in [3.8, 4) is 67.5 Å². The smallest absolute Gasteiger partial charge is 0.164 e. The summed E-state index contributed by atoms with van der Waals surface area (Å²) in [5, 5.41) is 0. The van der Waals surface area contributed by atoms with Crippen LogP contribution >= 0.6 is 0 Å². The molecule has 1 heterocycles. The molecule has 9 rings (SSSR count). The molecular weight excluding hydrogens is 595 g/mol. The lowest BCUT2D eigenvalue weighted by molar-refractivity contribution is 0.353. The summed E-state index contributed by atoms with van der Waals surface area (Å²) >= 11 is 0. The van der Waals surface area contributed by atoms with Gasteiger partial charge in [-0.05, 0) is 87.9 Å². The third-order valence-electron chi connectivity index (χ3n) is 9.88. The first-order valence-electron chi connectivity index (χ1n) is 19.0. The lowest BCUT2D eigenvalue weighted by Crippen LogP contribution is -2.28. The molecule has 3 nitrogen and oxygen atoms in total. The van der Waals surface area contributed by atoms with Crippen molar-refractivity contribution in [1.29, 1.82) is 0 Å². The summed E-state index contributed by atoms with van der Waals surface area (Å²) in [5.41, 5.74) is 9.78. The number of aryl methyl sites for hydroxylation is 1. The SMILES string of the molecule is [2H]C1([2H])CCCC([2H])([2H])C12c1ccccc1-c1ccc(-c3ccc(C)c(-c4cccc(-c5nc(-c6ccccc6)nc(-c6ccccc6)n5)c4)c3)cc12. The first-order valence-corrected chi connectivity index (χ1v) is 17.0. The van der Waals surface area contributed by atoms with E-state index >= 15 is 0 Å². The number of rotatable bonds is 5. The van der Waals surface area contributed by atoms with Crippen LogP contribution in [0, 0.1) is 6.92 Å². The van der Waals surface area contributed by atoms with Gasteiger partial charge in [-0.1, -0.05) is 147 Å². The van der Waals surface area contributed by atoms with Gasteiger partial charge in [-0.3, -0.25) is 0 Å². The molecule has 1 saturated carbocycles. The highest BCUT2D eigenvalue weighted by Gasteiger charge is 2.43. The van der Waals surface area contributed by atoms with Crippen LogP contribution in [0.2, 0.25) is 0 Å². The van der Waals surface area contributed by atoms with Crippen molar-refractivity contribution in [2.45, 2.75) is 44.3 Å². The van der Waals surface area contributed by atoms with Crippen molar-refractivity contribution >= 4 is 0 Å². The van der Waals surface area contributed by atoms with Gasteiger partial charge >= 0.3 is 0 Å². The zero-order valence-electron chi connectivity index (χ0n) is 31.3. The van der Waals surface area contributed by atoms with E-state index in [2.05, 4.69) is 55.5 Å². The molecule has 49 heavy (non-hydrogen) atoms. The molecule has 0 N–H and O–H groups in total. The molecular formula is C46H37N3. The van der Waals surface area contributed by atoms with Crippen LogP contribution in [0.15, 0.2) is 146 Å². The Bertz CT molecular complexity index is 2440. The van der Waals surface area contributed by atoms with Gasteiger partial charge in [-0.2, -0.15) is 0 Å². The van der Waals surface area contributed by atoms with E-state index in [0.29, 0.717) is 36.7 Å². The topological polar surface area (TPSA) is 38.7 Å². The van der Waals surface area contributed by atoms with E-state index in [1.807, 2.05) is 97.1 Å². The number of nitrogens with zero attached hydrogens (tertiary/aromatic N) is 3. The molecule has 0 radical (unpaired) electrons. The van der Waals surface area contributed by atoms with Gasteiger partial charge in [0.1, 0.15) is 0 Å². The van der Waals surface area contributed by atoms with Crippen molar-refractivity contribution < 1.29 is 5.48 Å². The van der Waals surface area contributed by atoms with Gasteiger partial charge in [0.05, 0.1) is 0 Å². The van der Waals surface area contributed by atoms with Crippen molar-refractivity contribution in [3.63, 3.8) is 0 Å². The fraction of sp³-hybridized carbons (Fsp3) is 0.152. The Hall–Kier alpha value is -5.67. The Morgan fingerprint density at radius 2 is 0.980 bits per heavy atom. The lowest BCUT2D eigenvalue weighted by atomic mass is 9.67. The van der Waals surface area contributed by atoms with Crippen LogP contribution in [-0.4, -0.2) is 15.0 Å². The van der Waals surface area contributed by atoms with Crippen LogP contribution in [0.3, 0.4) is 0 Å². The monoisotopic (exact) mass is 635 g/mol. The molecule has 0 saturated heterocycles. The highest BCUT2D eigenvalue weighted by molar-refractivity contribution is 5.85. The van der Waals surface area contributed by atoms with E-state index in [4.69, 9.17) is 15.0 Å². The molecule has 1 aromatic heterocycles. The molecule has 6 aromatic carbocycles. The summed E-state index contributed by atoms with van der Waals surface area (Å²) in [4.78, 5) is 14.8. The minimum Gasteiger partial charge on any atom is -0.208 e. The van der Waals surface area contributed by atoms with E-state index in [-0.39, 0.29) is 0 Å². The van der Waals surface area contributed by atoms with E-state index < -0.39 is 18.2 Å². The molecule has 1 spiro atoms. The third kappa shape index (κ3) is 5.18. The summed E-state index contributed by atoms with van der Waals surface area (Å²) < 4.78 is 37.5. The van der Waals surface area contributed by atoms with Gasteiger partial charge in [-0.25, -0.2) is 15.0 Å². The summed E-state index contributed by atoms with van der Waals surface area (Å²) in [6.07, 6.45) is -2.37. The molecule has 0 amide bonds. The second kappa shape index (κ2) is 12.1. The van der Waals surface area contributed by atoms with Crippen molar-refractivity contribution in [3.05, 3.63) is 162 Å². The Kier molecular flexibility index (Phi) is 6.26. The first-order chi connectivity index (χ1) is 25.7. The molecule has 0 unspecified atom stereocenters. The van der Waals surface area contributed by atoms with Gasteiger partial charge in [0.2, 0.25) is 0 Å². The molecule has 3 heteroatoms. The van der Waals surface area contributed by atoms with Crippen LogP contribution in [0.1, 0.15) is 54.2 Å². The number of hydrogen-bond acceptors (Lipinski definition) is 3. The number of aromatic nitrogens is 3. The largest absolute Gasteiger partial charge is 0.208 e. The lowest BCUT2D eigenvalue weighted by Gasteiger charge is -2.36. The van der Waals surface area contributed by atoms with Gasteiger partial charge < -0.3 is 0 Å². The Morgan fingerprint density at radius 1 is 0.429 bits per heavy atom. The Labute approximate surface area is 294 Å². The van der Waals surface area contributed by atoms with E-state index in [1.165, 1.54) is 0 Å². The second-order valence-electron chi connectivity index (χ2n) is 12.9. The predicted octanol–water partition coefficient (Wildman–Crippen LogP) is 11.7. The average Bonchev–Trinajstić information content (AvgIpc) is 3.50. The maximum atomic E-state index is 9.37. The first kappa shape index (κ1) is 25.4. The van der Waals surface area contributed by atoms with Crippen LogP contribution in [-0.2, 0) is 5.41 Å². The van der Waals surface area contributed by atoms with Crippen LogP contribution in [0.4, 0.5) is 0 Å². The molecule has 0 bridgehead atoms. The molecule has 1 fully saturated rings. The molecule has 2 aliphatic carbocycles. The maximum Gasteiger partial charge on any atom is 0.164 e. The zero-order valence-corrected chi connectivity index (χ0v) is 27.3. The minimum absolute atomic E-state index is 0.316. The van der Waals surface area contributed by atoms with Crippen LogP contribution in [0.5, 0.6) is 0 Å². The Morgan fingerprint density at radius 3 is 1.69 bits per heavy atom. The summed E-state index contributed by atoms with van der Waals surface area (Å²) in [6, 6.07) is 48.7. The predicted molar refractivity (Wildman–Crippen MR) is 201 cm³/mol. The second-order valence-corrected chi connectivity index (χ2v) is 12.9. The number of hydrogen-bond donors (Lipinski definition) is 0. The summed E-state index contributed by atoms with van der Waals surface area (Å²) in [7, 11) is 0. The van der Waals surface area contributed by atoms with E-state index in [1.54, 1.807) is 0 Å². The average molecular weight is 636 g/mol. The summed E-state index contributed by atoms with van der Waals surface area (Å²) in [5.74, 6) is 1.82. The third-order valence-corrected chi connectivity index (χ3v) is 9.88. The standard InChI is InChI=1S/C46H37N3/c1-31-22-23-34(35-24-25-39-38-20-9-10-21-41(38)46(42(39)30-35)26-11-4-12-27-46)29-40(31)36-18-13-19-37(28-36)45-48-43(32-14-5-2-6-15-32)47-44(49-45)33-16-7-3-8-17-33/h2-3,5-10,13-25,28-30H,4,11-12,26-27H2,1H3/i26D2,27D2. The molecule has 7 aromatic rings. The molecule has 0 aliphatic heterocycles. The highest BCUT2D eigenvalue weighted by atomic mass is 15.0. The summed E-state index contributed by atoms with van der Waals surface area (Å²) in [6.45, 7) is 2.11. The Balaban J connectivity index is 1.15. The van der Waals surface area contributed by atoms with Crippen LogP contribution < -0.4 is 0 Å². The van der Waals surface area contributed by atoms with Gasteiger partial charge in [-0.15, -0.1) is 0 Å². The quantitative estimate of drug-likeness (QED) is 0.189. The van der Waals surface area contributed by atoms with Crippen molar-refractivity contribution in [2.24, 2.45) is 0 Å². The number of benzene rings is 6. The fourth-order valence-corrected chi connectivity index (χ4v) is 7.42. The van der Waals surface area contributed by atoms with Crippen molar-refractivity contribution in [1.82, 2.24) is 15.0 Å². The van der Waals surface area contributed by atoms with Gasteiger partial charge in [0.25, 0.3) is 0 Å². The maximum absolute atomic E-state index is 9.37.